The molecule has 1 aromatic heterocycles. The van der Waals surface area contributed by atoms with Gasteiger partial charge in [0.2, 0.25) is 0 Å². The number of thiazole rings is 1. The van der Waals surface area contributed by atoms with Crippen LogP contribution in [0.5, 0.6) is 0 Å². The maximum absolute atomic E-state index is 4.79. The Labute approximate surface area is 124 Å². The van der Waals surface area contributed by atoms with E-state index in [0.717, 1.165) is 31.2 Å². The third kappa shape index (κ3) is 3.45. The van der Waals surface area contributed by atoms with Gasteiger partial charge in [-0.2, -0.15) is 0 Å². The van der Waals surface area contributed by atoms with Gasteiger partial charge in [0.05, 0.1) is 5.69 Å². The monoisotopic (exact) mass is 287 g/mol. The van der Waals surface area contributed by atoms with Crippen LogP contribution >= 0.6 is 11.3 Å². The van der Waals surface area contributed by atoms with Crippen molar-refractivity contribution in [3.63, 3.8) is 0 Å². The van der Waals surface area contributed by atoms with Gasteiger partial charge in [-0.15, -0.1) is 11.3 Å². The molecule has 1 fully saturated rings. The third-order valence-corrected chi connectivity index (χ3v) is 4.61. The number of hydrogen-bond acceptors (Lipinski definition) is 4. The van der Waals surface area contributed by atoms with Crippen LogP contribution in [-0.4, -0.2) is 36.1 Å². The SMILES string of the molecule is Cc1ccc(-c2nc(CN3CCCNCC3)cs2)cc1. The van der Waals surface area contributed by atoms with E-state index in [2.05, 4.69) is 46.8 Å². The van der Waals surface area contributed by atoms with Crippen LogP contribution in [0.25, 0.3) is 10.6 Å². The smallest absolute Gasteiger partial charge is 0.123 e. The van der Waals surface area contributed by atoms with Gasteiger partial charge < -0.3 is 5.32 Å². The van der Waals surface area contributed by atoms with Gasteiger partial charge in [0.25, 0.3) is 0 Å². The van der Waals surface area contributed by atoms with Crippen molar-refractivity contribution in [1.82, 2.24) is 15.2 Å². The molecular weight excluding hydrogens is 266 g/mol. The number of nitrogens with zero attached hydrogens (tertiary/aromatic N) is 2. The first-order chi connectivity index (χ1) is 9.81. The van der Waals surface area contributed by atoms with E-state index < -0.39 is 0 Å². The van der Waals surface area contributed by atoms with E-state index in [0.29, 0.717) is 0 Å². The zero-order valence-corrected chi connectivity index (χ0v) is 12.7. The maximum atomic E-state index is 4.79. The molecule has 0 spiro atoms. The molecule has 1 aromatic carbocycles. The molecule has 1 saturated heterocycles. The number of rotatable bonds is 3. The zero-order valence-electron chi connectivity index (χ0n) is 11.9. The van der Waals surface area contributed by atoms with Crippen LogP contribution in [-0.2, 0) is 6.54 Å². The summed E-state index contributed by atoms with van der Waals surface area (Å²) in [5.74, 6) is 0. The van der Waals surface area contributed by atoms with Crippen LogP contribution in [0.4, 0.5) is 0 Å². The fraction of sp³-hybridized carbons (Fsp3) is 0.438. The summed E-state index contributed by atoms with van der Waals surface area (Å²) in [5.41, 5.74) is 3.72. The molecule has 1 aliphatic rings. The van der Waals surface area contributed by atoms with Gasteiger partial charge in [0, 0.05) is 30.6 Å². The Morgan fingerprint density at radius 2 is 2.05 bits per heavy atom. The third-order valence-electron chi connectivity index (χ3n) is 3.67. The molecule has 3 nitrogen and oxygen atoms in total. The predicted molar refractivity (Wildman–Crippen MR) is 85.1 cm³/mol. The van der Waals surface area contributed by atoms with Gasteiger partial charge in [-0.05, 0) is 26.4 Å². The first-order valence-corrected chi connectivity index (χ1v) is 8.14. The Bertz CT molecular complexity index is 539. The van der Waals surface area contributed by atoms with Crippen molar-refractivity contribution in [3.05, 3.63) is 40.9 Å². The number of hydrogen-bond donors (Lipinski definition) is 1. The van der Waals surface area contributed by atoms with Gasteiger partial charge in [0.1, 0.15) is 5.01 Å². The van der Waals surface area contributed by atoms with Crippen LogP contribution in [0, 0.1) is 6.92 Å². The minimum atomic E-state index is 0.976. The molecule has 2 aromatic rings. The molecule has 0 aliphatic carbocycles. The van der Waals surface area contributed by atoms with Crippen molar-refractivity contribution in [3.8, 4) is 10.6 Å². The second-order valence-corrected chi connectivity index (χ2v) is 6.25. The molecule has 1 N–H and O–H groups in total. The first-order valence-electron chi connectivity index (χ1n) is 7.26. The zero-order chi connectivity index (χ0) is 13.8. The second kappa shape index (κ2) is 6.48. The molecule has 0 radical (unpaired) electrons. The largest absolute Gasteiger partial charge is 0.315 e. The van der Waals surface area contributed by atoms with E-state index in [9.17, 15) is 0 Å². The summed E-state index contributed by atoms with van der Waals surface area (Å²) in [6.45, 7) is 7.62. The molecular formula is C16H21N3S. The molecule has 0 atom stereocenters. The molecule has 2 heterocycles. The Kier molecular flexibility index (Phi) is 4.45. The molecule has 0 amide bonds. The van der Waals surface area contributed by atoms with Crippen LogP contribution in [0.15, 0.2) is 29.6 Å². The number of benzene rings is 1. The quantitative estimate of drug-likeness (QED) is 0.941. The van der Waals surface area contributed by atoms with E-state index in [1.807, 2.05) is 0 Å². The molecule has 1 aliphatic heterocycles. The van der Waals surface area contributed by atoms with Crippen LogP contribution in [0.1, 0.15) is 17.7 Å². The van der Waals surface area contributed by atoms with Crippen molar-refractivity contribution in [2.24, 2.45) is 0 Å². The van der Waals surface area contributed by atoms with E-state index >= 15 is 0 Å². The van der Waals surface area contributed by atoms with E-state index in [-0.39, 0.29) is 0 Å². The number of aryl methyl sites for hydroxylation is 1. The van der Waals surface area contributed by atoms with E-state index in [1.165, 1.54) is 29.8 Å². The molecule has 0 saturated carbocycles. The average molecular weight is 287 g/mol. The topological polar surface area (TPSA) is 28.2 Å². The summed E-state index contributed by atoms with van der Waals surface area (Å²) in [6.07, 6.45) is 1.23. The second-order valence-electron chi connectivity index (χ2n) is 5.39. The van der Waals surface area contributed by atoms with Crippen molar-refractivity contribution < 1.29 is 0 Å². The van der Waals surface area contributed by atoms with Crippen molar-refractivity contribution in [2.75, 3.05) is 26.2 Å². The lowest BCUT2D eigenvalue weighted by molar-refractivity contribution is 0.281. The summed E-state index contributed by atoms with van der Waals surface area (Å²) in [5, 5.41) is 6.77. The standard InChI is InChI=1S/C16H21N3S/c1-13-3-5-14(6-4-13)16-18-15(12-20-16)11-19-9-2-7-17-8-10-19/h3-6,12,17H,2,7-11H2,1H3. The lowest BCUT2D eigenvalue weighted by Gasteiger charge is -2.17. The summed E-state index contributed by atoms with van der Waals surface area (Å²) < 4.78 is 0. The Morgan fingerprint density at radius 3 is 2.90 bits per heavy atom. The highest BCUT2D eigenvalue weighted by molar-refractivity contribution is 7.13. The van der Waals surface area contributed by atoms with Crippen LogP contribution < -0.4 is 5.32 Å². The van der Waals surface area contributed by atoms with E-state index in [4.69, 9.17) is 4.98 Å². The molecule has 4 heteroatoms. The summed E-state index contributed by atoms with van der Waals surface area (Å²) >= 11 is 1.75. The normalized spacial score (nSPS) is 17.1. The van der Waals surface area contributed by atoms with E-state index in [1.54, 1.807) is 11.3 Å². The Hall–Kier alpha value is -1.23. The number of nitrogens with one attached hydrogen (secondary N) is 1. The molecule has 3 rings (SSSR count). The first kappa shape index (κ1) is 13.7. The van der Waals surface area contributed by atoms with Gasteiger partial charge in [-0.25, -0.2) is 4.98 Å². The lowest BCUT2D eigenvalue weighted by Crippen LogP contribution is -2.27. The van der Waals surface area contributed by atoms with Crippen LogP contribution in [0.3, 0.4) is 0 Å². The van der Waals surface area contributed by atoms with Crippen molar-refractivity contribution in [2.45, 2.75) is 19.9 Å². The van der Waals surface area contributed by atoms with Gasteiger partial charge in [-0.3, -0.25) is 4.90 Å². The minimum absolute atomic E-state index is 0.976. The highest BCUT2D eigenvalue weighted by Crippen LogP contribution is 2.24. The highest BCUT2D eigenvalue weighted by Gasteiger charge is 2.11. The fourth-order valence-electron chi connectivity index (χ4n) is 2.50. The van der Waals surface area contributed by atoms with Crippen molar-refractivity contribution in [1.29, 1.82) is 0 Å². The summed E-state index contributed by atoms with van der Waals surface area (Å²) in [7, 11) is 0. The molecule has 20 heavy (non-hydrogen) atoms. The lowest BCUT2D eigenvalue weighted by atomic mass is 10.2. The summed E-state index contributed by atoms with van der Waals surface area (Å²) in [4.78, 5) is 7.29. The number of aromatic nitrogens is 1. The molecule has 0 bridgehead atoms. The fourth-order valence-corrected chi connectivity index (χ4v) is 3.31. The van der Waals surface area contributed by atoms with Crippen LogP contribution in [0.2, 0.25) is 0 Å². The van der Waals surface area contributed by atoms with Gasteiger partial charge in [0.15, 0.2) is 0 Å². The Balaban J connectivity index is 1.68. The van der Waals surface area contributed by atoms with Gasteiger partial charge >= 0.3 is 0 Å². The molecule has 0 unspecified atom stereocenters. The van der Waals surface area contributed by atoms with Crippen molar-refractivity contribution >= 4 is 11.3 Å². The average Bonchev–Trinajstić information content (AvgIpc) is 2.76. The predicted octanol–water partition coefficient (Wildman–Crippen LogP) is 2.91. The Morgan fingerprint density at radius 1 is 1.20 bits per heavy atom. The minimum Gasteiger partial charge on any atom is -0.315 e. The van der Waals surface area contributed by atoms with Gasteiger partial charge in [-0.1, -0.05) is 29.8 Å². The highest BCUT2D eigenvalue weighted by atomic mass is 32.1. The maximum Gasteiger partial charge on any atom is 0.123 e. The summed E-state index contributed by atoms with van der Waals surface area (Å²) in [6, 6.07) is 8.62. The molecule has 106 valence electrons.